The summed E-state index contributed by atoms with van der Waals surface area (Å²) in [6.45, 7) is 1.54. The molecule has 11 heteroatoms. The molecule has 0 amide bonds. The molecule has 0 bridgehead atoms. The fourth-order valence-corrected chi connectivity index (χ4v) is 5.25. The minimum Gasteiger partial charge on any atom is -0.447 e. The Balaban J connectivity index is 1.33. The maximum absolute atomic E-state index is 14.5. The lowest BCUT2D eigenvalue weighted by Gasteiger charge is -2.29. The molecule has 1 saturated carbocycles. The van der Waals surface area contributed by atoms with Crippen LogP contribution in [-0.2, 0) is 0 Å². The van der Waals surface area contributed by atoms with Crippen LogP contribution >= 0.6 is 0 Å². The molecule has 3 aromatic heterocycles. The van der Waals surface area contributed by atoms with Gasteiger partial charge in [-0.3, -0.25) is 0 Å². The molecule has 2 unspecified atom stereocenters. The predicted molar refractivity (Wildman–Crippen MR) is 127 cm³/mol. The Hall–Kier alpha value is -3.86. The van der Waals surface area contributed by atoms with Crippen LogP contribution in [0.25, 0.3) is 16.6 Å². The van der Waals surface area contributed by atoms with E-state index in [2.05, 4.69) is 30.6 Å². The molecule has 0 radical (unpaired) electrons. The summed E-state index contributed by atoms with van der Waals surface area (Å²) in [7, 11) is 1.77. The number of hydrogen-bond donors (Lipinski definition) is 4. The lowest BCUT2D eigenvalue weighted by atomic mass is 10.0. The normalized spacial score (nSPS) is 22.7. The van der Waals surface area contributed by atoms with Crippen molar-refractivity contribution in [3.05, 3.63) is 48.2 Å². The number of aliphatic imine (C=N–C) groups is 1. The van der Waals surface area contributed by atoms with E-state index < -0.39 is 6.35 Å². The zero-order valence-electron chi connectivity index (χ0n) is 18.5. The number of H-pyrrole nitrogens is 1. The molecule has 7 rings (SSSR count). The first-order valence-electron chi connectivity index (χ1n) is 11.4. The highest BCUT2D eigenvalue weighted by atomic mass is 19.1. The second-order valence-corrected chi connectivity index (χ2v) is 9.34. The fraction of sp³-hybridized carbons (Fsp3) is 0.348. The van der Waals surface area contributed by atoms with Gasteiger partial charge in [-0.15, -0.1) is 0 Å². The number of nitrogens with zero attached hydrogens (tertiary/aromatic N) is 5. The molecule has 1 spiro atoms. The highest BCUT2D eigenvalue weighted by Crippen LogP contribution is 2.52. The van der Waals surface area contributed by atoms with Crippen molar-refractivity contribution in [3.63, 3.8) is 0 Å². The largest absolute Gasteiger partial charge is 0.447 e. The van der Waals surface area contributed by atoms with Crippen LogP contribution in [0.15, 0.2) is 41.8 Å². The van der Waals surface area contributed by atoms with E-state index in [1.807, 2.05) is 6.07 Å². The van der Waals surface area contributed by atoms with Gasteiger partial charge in [0.05, 0.1) is 35.4 Å². The number of anilines is 2. The quantitative estimate of drug-likeness (QED) is 0.370. The third kappa shape index (κ3) is 2.86. The van der Waals surface area contributed by atoms with E-state index in [1.54, 1.807) is 36.2 Å². The molecule has 1 saturated heterocycles. The molecule has 10 nitrogen and oxygen atoms in total. The molecule has 34 heavy (non-hydrogen) atoms. The molecule has 2 aliphatic heterocycles. The van der Waals surface area contributed by atoms with Gasteiger partial charge in [0.15, 0.2) is 11.4 Å². The SMILES string of the molecule is CNc1cc(F)cc2c3c([nH]c12)NC(Oc1cnc2ccnn2c1)N=C3N1CC(N)C2(CC2)C1. The second-order valence-electron chi connectivity index (χ2n) is 9.34. The van der Waals surface area contributed by atoms with Gasteiger partial charge in [-0.25, -0.2) is 18.9 Å². The molecule has 2 fully saturated rings. The van der Waals surface area contributed by atoms with Gasteiger partial charge in [0.1, 0.15) is 17.5 Å². The Bertz CT molecular complexity index is 1470. The van der Waals surface area contributed by atoms with Crippen molar-refractivity contribution < 1.29 is 9.13 Å². The molecule has 1 aliphatic carbocycles. The number of benzene rings is 1. The van der Waals surface area contributed by atoms with Crippen LogP contribution in [0.4, 0.5) is 15.9 Å². The Labute approximate surface area is 194 Å². The number of nitrogens with two attached hydrogens (primary N) is 1. The van der Waals surface area contributed by atoms with E-state index in [0.29, 0.717) is 18.0 Å². The second kappa shape index (κ2) is 6.83. The summed E-state index contributed by atoms with van der Waals surface area (Å²) in [5.74, 6) is 1.69. The maximum Gasteiger partial charge on any atom is 0.271 e. The first kappa shape index (κ1) is 19.6. The molecule has 1 aromatic carbocycles. The highest BCUT2D eigenvalue weighted by Gasteiger charge is 2.54. The molecule has 3 aliphatic rings. The molecule has 4 aromatic rings. The number of likely N-dealkylation sites (tertiary alicyclic amines) is 1. The molecular weight excluding hydrogens is 437 g/mol. The van der Waals surface area contributed by atoms with Crippen molar-refractivity contribution in [2.24, 2.45) is 16.1 Å². The van der Waals surface area contributed by atoms with Crippen LogP contribution in [0.1, 0.15) is 18.4 Å². The van der Waals surface area contributed by atoms with Gasteiger partial charge in [0.25, 0.3) is 6.35 Å². The number of halogens is 1. The molecule has 2 atom stereocenters. The number of aromatic nitrogens is 4. The molecule has 5 heterocycles. The van der Waals surface area contributed by atoms with Gasteiger partial charge >= 0.3 is 0 Å². The van der Waals surface area contributed by atoms with E-state index >= 15 is 0 Å². The van der Waals surface area contributed by atoms with Crippen molar-refractivity contribution in [3.8, 4) is 5.75 Å². The lowest BCUT2D eigenvalue weighted by Crippen LogP contribution is -2.39. The van der Waals surface area contributed by atoms with E-state index in [9.17, 15) is 4.39 Å². The predicted octanol–water partition coefficient (Wildman–Crippen LogP) is 2.35. The van der Waals surface area contributed by atoms with Gasteiger partial charge in [0, 0.05) is 43.0 Å². The van der Waals surface area contributed by atoms with Crippen LogP contribution in [0.5, 0.6) is 5.75 Å². The maximum atomic E-state index is 14.5. The number of hydrogen-bond acceptors (Lipinski definition) is 8. The Morgan fingerprint density at radius 3 is 3.00 bits per heavy atom. The average Bonchev–Trinajstić information content (AvgIpc) is 3.14. The number of amidine groups is 1. The van der Waals surface area contributed by atoms with Crippen molar-refractivity contribution in [1.29, 1.82) is 0 Å². The number of nitrogens with one attached hydrogen (secondary N) is 3. The van der Waals surface area contributed by atoms with Crippen LogP contribution in [0.2, 0.25) is 0 Å². The first-order valence-corrected chi connectivity index (χ1v) is 11.4. The van der Waals surface area contributed by atoms with Gasteiger partial charge in [-0.05, 0) is 25.0 Å². The standard InChI is InChI=1S/C23H24FN9O/c1-26-15-7-12(24)6-14-18-20(29-19(14)15)30-22(34-13-8-27-17-2-5-28-33(17)9-13)31-21(18)32-10-16(25)23(11-32)3-4-23/h2,5-9,16,22,26,29-30H,3-4,10-11,25H2,1H3. The monoisotopic (exact) mass is 461 g/mol. The smallest absolute Gasteiger partial charge is 0.271 e. The topological polar surface area (TPSA) is 121 Å². The minimum absolute atomic E-state index is 0.0918. The molecular formula is C23H24FN9O. The Morgan fingerprint density at radius 2 is 2.21 bits per heavy atom. The van der Waals surface area contributed by atoms with Crippen LogP contribution in [0.3, 0.4) is 0 Å². The zero-order chi connectivity index (χ0) is 23.0. The van der Waals surface area contributed by atoms with Gasteiger partial charge < -0.3 is 31.0 Å². The molecule has 174 valence electrons. The van der Waals surface area contributed by atoms with Crippen LogP contribution in [0, 0.1) is 11.2 Å². The van der Waals surface area contributed by atoms with Crippen LogP contribution < -0.4 is 21.1 Å². The third-order valence-corrected chi connectivity index (χ3v) is 7.24. The Kier molecular flexibility index (Phi) is 3.93. The Morgan fingerprint density at radius 1 is 1.32 bits per heavy atom. The summed E-state index contributed by atoms with van der Waals surface area (Å²) in [6.07, 6.45) is 6.64. The van der Waals surface area contributed by atoms with E-state index in [-0.39, 0.29) is 17.3 Å². The van der Waals surface area contributed by atoms with E-state index in [1.165, 1.54) is 6.07 Å². The van der Waals surface area contributed by atoms with Crippen LogP contribution in [-0.4, -0.2) is 62.8 Å². The zero-order valence-corrected chi connectivity index (χ0v) is 18.5. The van der Waals surface area contributed by atoms with Crippen molar-refractivity contribution in [2.75, 3.05) is 30.8 Å². The van der Waals surface area contributed by atoms with Gasteiger partial charge in [-0.2, -0.15) is 5.10 Å². The van der Waals surface area contributed by atoms with Crippen molar-refractivity contribution in [1.82, 2.24) is 24.5 Å². The van der Waals surface area contributed by atoms with Crippen molar-refractivity contribution >= 4 is 33.9 Å². The number of aromatic amines is 1. The number of ether oxygens (including phenoxy) is 1. The number of fused-ring (bicyclic) bond motifs is 4. The summed E-state index contributed by atoms with van der Waals surface area (Å²) >= 11 is 0. The van der Waals surface area contributed by atoms with Crippen molar-refractivity contribution in [2.45, 2.75) is 25.2 Å². The summed E-state index contributed by atoms with van der Waals surface area (Å²) in [4.78, 5) is 14.9. The molecule has 5 N–H and O–H groups in total. The number of rotatable bonds is 3. The highest BCUT2D eigenvalue weighted by molar-refractivity contribution is 6.17. The van der Waals surface area contributed by atoms with Gasteiger partial charge in [-0.1, -0.05) is 0 Å². The van der Waals surface area contributed by atoms with Gasteiger partial charge in [0.2, 0.25) is 0 Å². The van der Waals surface area contributed by atoms with E-state index in [4.69, 9.17) is 15.5 Å². The lowest BCUT2D eigenvalue weighted by molar-refractivity contribution is 0.233. The first-order chi connectivity index (χ1) is 16.5. The summed E-state index contributed by atoms with van der Waals surface area (Å²) in [5, 5.41) is 11.4. The average molecular weight is 462 g/mol. The minimum atomic E-state index is -0.708. The fourth-order valence-electron chi connectivity index (χ4n) is 5.25. The summed E-state index contributed by atoms with van der Waals surface area (Å²) < 4.78 is 22.3. The summed E-state index contributed by atoms with van der Waals surface area (Å²) in [5.41, 5.74) is 9.71. The summed E-state index contributed by atoms with van der Waals surface area (Å²) in [6, 6.07) is 4.93. The third-order valence-electron chi connectivity index (χ3n) is 7.24. The van der Waals surface area contributed by atoms with E-state index in [0.717, 1.165) is 53.2 Å².